The number of alkyl halides is 3. The van der Waals surface area contributed by atoms with E-state index in [-0.39, 0.29) is 15.6 Å². The third-order valence-electron chi connectivity index (χ3n) is 2.74. The normalized spacial score (nSPS) is 13.3. The van der Waals surface area contributed by atoms with Gasteiger partial charge in [-0.2, -0.15) is 13.2 Å². The smallest absolute Gasteiger partial charge is 0.383 e. The van der Waals surface area contributed by atoms with Crippen molar-refractivity contribution in [3.8, 4) is 0 Å². The Morgan fingerprint density at radius 1 is 1.19 bits per heavy atom. The van der Waals surface area contributed by atoms with Gasteiger partial charge >= 0.3 is 6.18 Å². The molecular weight excluding hydrogens is 377 g/mol. The molecule has 0 saturated heterocycles. The fourth-order valence-electron chi connectivity index (χ4n) is 1.73. The van der Waals surface area contributed by atoms with E-state index in [1.54, 1.807) is 0 Å². The summed E-state index contributed by atoms with van der Waals surface area (Å²) in [5, 5.41) is 9.62. The Kier molecular flexibility index (Phi) is 4.55. The summed E-state index contributed by atoms with van der Waals surface area (Å²) in [6, 6.07) is 5.69. The van der Waals surface area contributed by atoms with E-state index in [4.69, 9.17) is 11.6 Å². The minimum atomic E-state index is -4.65. The quantitative estimate of drug-likeness (QED) is 0.599. The van der Waals surface area contributed by atoms with E-state index in [0.717, 1.165) is 12.1 Å². The van der Waals surface area contributed by atoms with Gasteiger partial charge in [0, 0.05) is 15.6 Å². The molecule has 0 radical (unpaired) electrons. The molecule has 1 aromatic carbocycles. The van der Waals surface area contributed by atoms with Gasteiger partial charge in [0.1, 0.15) is 22.8 Å². The number of benzene rings is 1. The van der Waals surface area contributed by atoms with Gasteiger partial charge in [-0.3, -0.25) is 0 Å². The molecule has 8 heteroatoms. The molecule has 0 bridgehead atoms. The lowest BCUT2D eigenvalue weighted by Crippen LogP contribution is -2.11. The molecule has 1 N–H and O–H groups in total. The summed E-state index contributed by atoms with van der Waals surface area (Å²) in [7, 11) is 0. The standard InChI is InChI=1S/C13H7BrClF4NO/c14-7-2-1-3-8(16)10(7)11(21)6-4-5-9(13(17,18)19)20-12(6)15/h1-5,11,21H. The molecule has 0 fully saturated rings. The summed E-state index contributed by atoms with van der Waals surface area (Å²) >= 11 is 8.75. The summed E-state index contributed by atoms with van der Waals surface area (Å²) in [6.45, 7) is 0. The van der Waals surface area contributed by atoms with Crippen LogP contribution in [0.1, 0.15) is 22.9 Å². The van der Waals surface area contributed by atoms with Crippen LogP contribution in [0.5, 0.6) is 0 Å². The summed E-state index contributed by atoms with van der Waals surface area (Å²) in [5.74, 6) is -0.715. The highest BCUT2D eigenvalue weighted by molar-refractivity contribution is 9.10. The van der Waals surface area contributed by atoms with E-state index in [9.17, 15) is 22.7 Å². The third kappa shape index (κ3) is 3.36. The van der Waals surface area contributed by atoms with Gasteiger partial charge in [-0.1, -0.05) is 39.7 Å². The predicted molar refractivity (Wildman–Crippen MR) is 72.4 cm³/mol. The second-order valence-corrected chi connectivity index (χ2v) is 5.32. The van der Waals surface area contributed by atoms with Crippen LogP contribution in [0.3, 0.4) is 0 Å². The second-order valence-electron chi connectivity index (χ2n) is 4.11. The van der Waals surface area contributed by atoms with E-state index >= 15 is 0 Å². The van der Waals surface area contributed by atoms with Gasteiger partial charge in [0.2, 0.25) is 0 Å². The summed E-state index contributed by atoms with van der Waals surface area (Å²) < 4.78 is 51.5. The molecule has 0 aliphatic rings. The molecule has 2 nitrogen and oxygen atoms in total. The monoisotopic (exact) mass is 383 g/mol. The van der Waals surface area contributed by atoms with Crippen LogP contribution in [0.15, 0.2) is 34.8 Å². The van der Waals surface area contributed by atoms with Crippen molar-refractivity contribution in [2.45, 2.75) is 12.3 Å². The number of hydrogen-bond acceptors (Lipinski definition) is 2. The van der Waals surface area contributed by atoms with Crippen LogP contribution < -0.4 is 0 Å². The van der Waals surface area contributed by atoms with Crippen LogP contribution in [-0.4, -0.2) is 10.1 Å². The number of hydrogen-bond donors (Lipinski definition) is 1. The van der Waals surface area contributed by atoms with Crippen LogP contribution in [-0.2, 0) is 6.18 Å². The Bertz CT molecular complexity index is 657. The fourth-order valence-corrected chi connectivity index (χ4v) is 2.55. The van der Waals surface area contributed by atoms with E-state index in [1.165, 1.54) is 12.1 Å². The first-order chi connectivity index (χ1) is 9.71. The highest BCUT2D eigenvalue weighted by atomic mass is 79.9. The van der Waals surface area contributed by atoms with Crippen molar-refractivity contribution in [3.05, 3.63) is 62.6 Å². The fraction of sp³-hybridized carbons (Fsp3) is 0.154. The lowest BCUT2D eigenvalue weighted by atomic mass is 10.0. The Morgan fingerprint density at radius 3 is 2.38 bits per heavy atom. The molecule has 2 rings (SSSR count). The molecule has 1 aromatic heterocycles. The maximum absolute atomic E-state index is 13.8. The average Bonchev–Trinajstić information content (AvgIpc) is 2.37. The van der Waals surface area contributed by atoms with E-state index in [0.29, 0.717) is 6.07 Å². The van der Waals surface area contributed by atoms with E-state index < -0.39 is 28.9 Å². The number of aliphatic hydroxyl groups is 1. The lowest BCUT2D eigenvalue weighted by molar-refractivity contribution is -0.141. The SMILES string of the molecule is OC(c1ccc(C(F)(F)F)nc1Cl)c1c(F)cccc1Br. The molecule has 0 aliphatic heterocycles. The first-order valence-corrected chi connectivity index (χ1v) is 6.74. The van der Waals surface area contributed by atoms with E-state index in [1.807, 2.05) is 0 Å². The van der Waals surface area contributed by atoms with Crippen LogP contribution in [0.2, 0.25) is 5.15 Å². The molecule has 0 aliphatic carbocycles. The number of aliphatic hydroxyl groups excluding tert-OH is 1. The van der Waals surface area contributed by atoms with Crippen LogP contribution >= 0.6 is 27.5 Å². The average molecular weight is 385 g/mol. The van der Waals surface area contributed by atoms with Crippen molar-refractivity contribution in [2.75, 3.05) is 0 Å². The number of halogens is 6. The molecule has 21 heavy (non-hydrogen) atoms. The van der Waals surface area contributed by atoms with Crippen molar-refractivity contribution in [2.24, 2.45) is 0 Å². The molecule has 1 unspecified atom stereocenters. The third-order valence-corrected chi connectivity index (χ3v) is 3.73. The van der Waals surface area contributed by atoms with Gasteiger partial charge in [0.25, 0.3) is 0 Å². The Hall–Kier alpha value is -1.18. The largest absolute Gasteiger partial charge is 0.433 e. The second kappa shape index (κ2) is 5.90. The van der Waals surface area contributed by atoms with Gasteiger partial charge in [-0.05, 0) is 18.2 Å². The van der Waals surface area contributed by atoms with Gasteiger partial charge in [-0.15, -0.1) is 0 Å². The van der Waals surface area contributed by atoms with Gasteiger partial charge in [0.05, 0.1) is 0 Å². The Balaban J connectivity index is 2.47. The van der Waals surface area contributed by atoms with Crippen molar-refractivity contribution in [1.29, 1.82) is 0 Å². The summed E-state index contributed by atoms with van der Waals surface area (Å²) in [5.41, 5.74) is -1.42. The lowest BCUT2D eigenvalue weighted by Gasteiger charge is -2.16. The highest BCUT2D eigenvalue weighted by Crippen LogP contribution is 2.35. The Labute approximate surface area is 130 Å². The molecule has 0 spiro atoms. The maximum Gasteiger partial charge on any atom is 0.433 e. The predicted octanol–water partition coefficient (Wildman–Crippen LogP) is 4.74. The molecule has 1 atom stereocenters. The molecular formula is C13H7BrClF4NO. The van der Waals surface area contributed by atoms with Gasteiger partial charge in [-0.25, -0.2) is 9.37 Å². The van der Waals surface area contributed by atoms with Crippen molar-refractivity contribution in [1.82, 2.24) is 4.98 Å². The van der Waals surface area contributed by atoms with Crippen LogP contribution in [0.4, 0.5) is 17.6 Å². The van der Waals surface area contributed by atoms with Gasteiger partial charge in [0.15, 0.2) is 0 Å². The molecule has 1 heterocycles. The van der Waals surface area contributed by atoms with Crippen molar-refractivity contribution in [3.63, 3.8) is 0 Å². The Morgan fingerprint density at radius 2 is 1.86 bits per heavy atom. The number of pyridine rings is 1. The van der Waals surface area contributed by atoms with Crippen molar-refractivity contribution < 1.29 is 22.7 Å². The van der Waals surface area contributed by atoms with Crippen molar-refractivity contribution >= 4 is 27.5 Å². The molecule has 112 valence electrons. The number of aromatic nitrogens is 1. The zero-order valence-corrected chi connectivity index (χ0v) is 12.5. The minimum absolute atomic E-state index is 0.115. The molecule has 2 aromatic rings. The maximum atomic E-state index is 13.8. The molecule has 0 saturated carbocycles. The minimum Gasteiger partial charge on any atom is -0.383 e. The zero-order chi connectivity index (χ0) is 15.8. The number of rotatable bonds is 2. The van der Waals surface area contributed by atoms with E-state index in [2.05, 4.69) is 20.9 Å². The topological polar surface area (TPSA) is 33.1 Å². The zero-order valence-electron chi connectivity index (χ0n) is 10.1. The number of nitrogens with zero attached hydrogens (tertiary/aromatic N) is 1. The van der Waals surface area contributed by atoms with Crippen LogP contribution in [0.25, 0.3) is 0 Å². The first-order valence-electron chi connectivity index (χ1n) is 5.57. The molecule has 0 amide bonds. The van der Waals surface area contributed by atoms with Gasteiger partial charge < -0.3 is 5.11 Å². The highest BCUT2D eigenvalue weighted by Gasteiger charge is 2.33. The first kappa shape index (κ1) is 16.2. The summed E-state index contributed by atoms with van der Waals surface area (Å²) in [6.07, 6.45) is -6.19. The van der Waals surface area contributed by atoms with Crippen LogP contribution in [0, 0.1) is 5.82 Å². The summed E-state index contributed by atoms with van der Waals surface area (Å²) in [4.78, 5) is 3.19.